The van der Waals surface area contributed by atoms with Gasteiger partial charge in [-0.1, -0.05) is 11.6 Å². The van der Waals surface area contributed by atoms with Crippen molar-refractivity contribution in [3.63, 3.8) is 0 Å². The van der Waals surface area contributed by atoms with Crippen LogP contribution in [0.5, 0.6) is 5.75 Å². The summed E-state index contributed by atoms with van der Waals surface area (Å²) in [5.41, 5.74) is 0.920. The second kappa shape index (κ2) is 5.75. The second-order valence-electron chi connectivity index (χ2n) is 3.56. The van der Waals surface area contributed by atoms with Gasteiger partial charge in [0.15, 0.2) is 6.10 Å². The smallest absolute Gasteiger partial charge is 0.260 e. The van der Waals surface area contributed by atoms with E-state index >= 15 is 0 Å². The van der Waals surface area contributed by atoms with Gasteiger partial charge >= 0.3 is 0 Å². The molecule has 1 aromatic rings. The molecule has 0 saturated heterocycles. The highest BCUT2D eigenvalue weighted by molar-refractivity contribution is 6.30. The summed E-state index contributed by atoms with van der Waals surface area (Å²) in [6.07, 6.45) is -0.500. The van der Waals surface area contributed by atoms with Gasteiger partial charge in [-0.05, 0) is 44.5 Å². The van der Waals surface area contributed by atoms with Crippen LogP contribution in [0, 0.1) is 6.92 Å². The highest BCUT2D eigenvalue weighted by atomic mass is 35.5. The minimum Gasteiger partial charge on any atom is -0.481 e. The summed E-state index contributed by atoms with van der Waals surface area (Å²) in [6, 6.07) is 5.32. The molecule has 1 aromatic carbocycles. The van der Waals surface area contributed by atoms with Crippen LogP contribution in [-0.4, -0.2) is 18.6 Å². The number of nitrogens with one attached hydrogen (secondary N) is 1. The Labute approximate surface area is 101 Å². The topological polar surface area (TPSA) is 38.3 Å². The summed E-state index contributed by atoms with van der Waals surface area (Å²) in [6.45, 7) is 6.09. The van der Waals surface area contributed by atoms with E-state index in [0.717, 1.165) is 5.56 Å². The van der Waals surface area contributed by atoms with Crippen molar-refractivity contribution in [1.82, 2.24) is 5.32 Å². The fourth-order valence-electron chi connectivity index (χ4n) is 1.31. The molecule has 4 heteroatoms. The molecule has 1 N–H and O–H groups in total. The average molecular weight is 242 g/mol. The van der Waals surface area contributed by atoms with Crippen molar-refractivity contribution in [3.05, 3.63) is 28.8 Å². The second-order valence-corrected chi connectivity index (χ2v) is 4.00. The van der Waals surface area contributed by atoms with Gasteiger partial charge in [0.1, 0.15) is 5.75 Å². The zero-order valence-corrected chi connectivity index (χ0v) is 10.5. The van der Waals surface area contributed by atoms with Gasteiger partial charge < -0.3 is 10.1 Å². The van der Waals surface area contributed by atoms with E-state index in [4.69, 9.17) is 16.3 Å². The quantitative estimate of drug-likeness (QED) is 0.880. The molecule has 1 amide bonds. The molecule has 0 spiro atoms. The van der Waals surface area contributed by atoms with Crippen LogP contribution in [0.2, 0.25) is 5.02 Å². The van der Waals surface area contributed by atoms with Crippen molar-refractivity contribution in [3.8, 4) is 5.75 Å². The minimum absolute atomic E-state index is 0.114. The Bertz CT molecular complexity index is 379. The van der Waals surface area contributed by atoms with Gasteiger partial charge in [0, 0.05) is 11.6 Å². The Hall–Kier alpha value is -1.22. The molecule has 0 aromatic heterocycles. The molecule has 0 radical (unpaired) electrons. The first-order valence-electron chi connectivity index (χ1n) is 5.25. The van der Waals surface area contributed by atoms with E-state index in [0.29, 0.717) is 17.3 Å². The largest absolute Gasteiger partial charge is 0.481 e. The molecule has 0 saturated carbocycles. The Balaban J connectivity index is 2.69. The van der Waals surface area contributed by atoms with Crippen LogP contribution >= 0.6 is 11.6 Å². The molecule has 3 nitrogen and oxygen atoms in total. The fourth-order valence-corrected chi connectivity index (χ4v) is 1.53. The third-order valence-electron chi connectivity index (χ3n) is 2.16. The van der Waals surface area contributed by atoms with Gasteiger partial charge in [-0.3, -0.25) is 4.79 Å². The molecule has 0 heterocycles. The monoisotopic (exact) mass is 241 g/mol. The third-order valence-corrected chi connectivity index (χ3v) is 2.40. The summed E-state index contributed by atoms with van der Waals surface area (Å²) in [4.78, 5) is 11.5. The zero-order chi connectivity index (χ0) is 12.1. The number of ether oxygens (including phenoxy) is 1. The lowest BCUT2D eigenvalue weighted by Crippen LogP contribution is -2.36. The van der Waals surface area contributed by atoms with E-state index in [1.807, 2.05) is 13.8 Å². The highest BCUT2D eigenvalue weighted by Gasteiger charge is 2.14. The van der Waals surface area contributed by atoms with Crippen molar-refractivity contribution < 1.29 is 9.53 Å². The molecular weight excluding hydrogens is 226 g/mol. The Morgan fingerprint density at radius 3 is 2.81 bits per heavy atom. The van der Waals surface area contributed by atoms with Gasteiger partial charge in [-0.15, -0.1) is 0 Å². The maximum atomic E-state index is 11.5. The number of amides is 1. The number of carbonyl (C=O) groups excluding carboxylic acids is 1. The predicted molar refractivity (Wildman–Crippen MR) is 65.0 cm³/mol. The lowest BCUT2D eigenvalue weighted by atomic mass is 10.2. The van der Waals surface area contributed by atoms with E-state index in [2.05, 4.69) is 5.32 Å². The van der Waals surface area contributed by atoms with Crippen LogP contribution in [0.1, 0.15) is 19.4 Å². The van der Waals surface area contributed by atoms with E-state index in [1.165, 1.54) is 0 Å². The van der Waals surface area contributed by atoms with Crippen LogP contribution < -0.4 is 10.1 Å². The van der Waals surface area contributed by atoms with E-state index in [9.17, 15) is 4.79 Å². The van der Waals surface area contributed by atoms with Gasteiger partial charge in [0.25, 0.3) is 5.91 Å². The van der Waals surface area contributed by atoms with Crippen molar-refractivity contribution in [2.75, 3.05) is 6.54 Å². The molecule has 0 aliphatic carbocycles. The zero-order valence-electron chi connectivity index (χ0n) is 9.71. The molecule has 0 unspecified atom stereocenters. The van der Waals surface area contributed by atoms with Crippen LogP contribution in [0.4, 0.5) is 0 Å². The summed E-state index contributed by atoms with van der Waals surface area (Å²) in [7, 11) is 0. The van der Waals surface area contributed by atoms with Crippen LogP contribution in [0.3, 0.4) is 0 Å². The van der Waals surface area contributed by atoms with Crippen LogP contribution in [-0.2, 0) is 4.79 Å². The summed E-state index contributed by atoms with van der Waals surface area (Å²) < 4.78 is 5.54. The maximum Gasteiger partial charge on any atom is 0.260 e. The van der Waals surface area contributed by atoms with Gasteiger partial charge in [-0.25, -0.2) is 0 Å². The normalized spacial score (nSPS) is 12.0. The van der Waals surface area contributed by atoms with Gasteiger partial charge in [-0.2, -0.15) is 0 Å². The molecule has 0 aliphatic heterocycles. The minimum atomic E-state index is -0.500. The molecule has 16 heavy (non-hydrogen) atoms. The first-order chi connectivity index (χ1) is 7.54. The summed E-state index contributed by atoms with van der Waals surface area (Å²) in [5, 5.41) is 3.37. The number of benzene rings is 1. The molecule has 0 fully saturated rings. The maximum absolute atomic E-state index is 11.5. The summed E-state index contributed by atoms with van der Waals surface area (Å²) in [5.74, 6) is 0.569. The number of rotatable bonds is 4. The molecule has 1 atom stereocenters. The molecule has 1 rings (SSSR count). The molecule has 88 valence electrons. The van der Waals surface area contributed by atoms with Crippen LogP contribution in [0.25, 0.3) is 0 Å². The lowest BCUT2D eigenvalue weighted by Gasteiger charge is -2.15. The average Bonchev–Trinajstić information content (AvgIpc) is 2.22. The van der Waals surface area contributed by atoms with Crippen molar-refractivity contribution in [2.24, 2.45) is 0 Å². The number of carbonyl (C=O) groups is 1. The summed E-state index contributed by atoms with van der Waals surface area (Å²) >= 11 is 5.83. The highest BCUT2D eigenvalue weighted by Crippen LogP contribution is 2.22. The van der Waals surface area contributed by atoms with Gasteiger partial charge in [0.05, 0.1) is 0 Å². The number of aryl methyl sites for hydroxylation is 1. The van der Waals surface area contributed by atoms with Crippen molar-refractivity contribution in [1.29, 1.82) is 0 Å². The standard InChI is InChI=1S/C12H16ClNO2/c1-4-14-12(15)9(3)16-11-6-5-10(13)7-8(11)2/h5-7,9H,4H2,1-3H3,(H,14,15)/t9-/m1/s1. The third kappa shape index (κ3) is 3.42. The SMILES string of the molecule is CCNC(=O)[C@@H](C)Oc1ccc(Cl)cc1C. The molecule has 0 bridgehead atoms. The first kappa shape index (κ1) is 12.8. The van der Waals surface area contributed by atoms with E-state index in [1.54, 1.807) is 25.1 Å². The number of hydrogen-bond acceptors (Lipinski definition) is 2. The van der Waals surface area contributed by atoms with Gasteiger partial charge in [0.2, 0.25) is 0 Å². The van der Waals surface area contributed by atoms with Crippen molar-refractivity contribution in [2.45, 2.75) is 26.9 Å². The Morgan fingerprint density at radius 1 is 1.56 bits per heavy atom. The lowest BCUT2D eigenvalue weighted by molar-refractivity contribution is -0.127. The first-order valence-corrected chi connectivity index (χ1v) is 5.63. The molecular formula is C12H16ClNO2. The fraction of sp³-hybridized carbons (Fsp3) is 0.417. The Morgan fingerprint density at radius 2 is 2.25 bits per heavy atom. The molecule has 0 aliphatic rings. The van der Waals surface area contributed by atoms with E-state index in [-0.39, 0.29) is 5.91 Å². The Kier molecular flexibility index (Phi) is 4.62. The number of likely N-dealkylation sites (N-methyl/N-ethyl adjacent to an activating group) is 1. The predicted octanol–water partition coefficient (Wildman–Crippen LogP) is 2.55. The number of halogens is 1. The van der Waals surface area contributed by atoms with Crippen LogP contribution in [0.15, 0.2) is 18.2 Å². The van der Waals surface area contributed by atoms with E-state index < -0.39 is 6.10 Å². The van der Waals surface area contributed by atoms with Crippen molar-refractivity contribution >= 4 is 17.5 Å². The number of hydrogen-bond donors (Lipinski definition) is 1.